The molecule has 2 nitrogen and oxygen atoms in total. The van der Waals surface area contributed by atoms with Crippen molar-refractivity contribution in [1.82, 2.24) is 0 Å². The van der Waals surface area contributed by atoms with Crippen molar-refractivity contribution in [1.29, 1.82) is 0 Å². The molecule has 0 heterocycles. The average molecular weight is 255 g/mol. The van der Waals surface area contributed by atoms with Crippen LogP contribution in [-0.4, -0.2) is 12.9 Å². The summed E-state index contributed by atoms with van der Waals surface area (Å²) in [6.07, 6.45) is 1.28. The Labute approximate surface area is 91.7 Å². The van der Waals surface area contributed by atoms with Crippen molar-refractivity contribution >= 4 is 21.7 Å². The van der Waals surface area contributed by atoms with Crippen molar-refractivity contribution in [2.45, 2.75) is 6.92 Å². The smallest absolute Gasteiger partial charge is 0.189 e. The summed E-state index contributed by atoms with van der Waals surface area (Å²) in [5, 5.41) is 0. The van der Waals surface area contributed by atoms with Crippen LogP contribution in [0.15, 0.2) is 29.3 Å². The number of ketones is 1. The first-order chi connectivity index (χ1) is 6.60. The zero-order valence-corrected chi connectivity index (χ0v) is 9.72. The van der Waals surface area contributed by atoms with Crippen molar-refractivity contribution in [3.8, 4) is 5.75 Å². The van der Waals surface area contributed by atoms with Gasteiger partial charge < -0.3 is 4.74 Å². The van der Waals surface area contributed by atoms with Crippen molar-refractivity contribution < 1.29 is 9.53 Å². The molecule has 0 unspecified atom stereocenters. The monoisotopic (exact) mass is 254 g/mol. The second-order valence-corrected chi connectivity index (χ2v) is 3.72. The number of carbonyl (C=O) groups excluding carboxylic acids is 1. The van der Waals surface area contributed by atoms with E-state index in [1.54, 1.807) is 13.2 Å². The van der Waals surface area contributed by atoms with Gasteiger partial charge in [-0.3, -0.25) is 4.79 Å². The summed E-state index contributed by atoms with van der Waals surface area (Å²) < 4.78 is 6.01. The first-order valence-electron chi connectivity index (χ1n) is 4.11. The number of methoxy groups -OCH3 is 1. The molecule has 0 fully saturated rings. The van der Waals surface area contributed by atoms with Gasteiger partial charge in [0.1, 0.15) is 5.75 Å². The van der Waals surface area contributed by atoms with Gasteiger partial charge in [-0.15, -0.1) is 0 Å². The van der Waals surface area contributed by atoms with Crippen LogP contribution in [0.5, 0.6) is 5.75 Å². The van der Waals surface area contributed by atoms with E-state index in [-0.39, 0.29) is 5.78 Å². The first-order valence-corrected chi connectivity index (χ1v) is 4.90. The standard InChI is InChI=1S/C11H11BrO2/c1-4-10(13)8-6-9(12)7(2)5-11(8)14-3/h4-6H,1H2,2-3H3. The van der Waals surface area contributed by atoms with Crippen LogP contribution in [0, 0.1) is 6.92 Å². The van der Waals surface area contributed by atoms with E-state index in [0.29, 0.717) is 11.3 Å². The highest BCUT2D eigenvalue weighted by Gasteiger charge is 2.11. The van der Waals surface area contributed by atoms with Crippen LogP contribution in [-0.2, 0) is 0 Å². The van der Waals surface area contributed by atoms with E-state index in [1.807, 2.05) is 13.0 Å². The highest BCUT2D eigenvalue weighted by molar-refractivity contribution is 9.10. The fraction of sp³-hybridized carbons (Fsp3) is 0.182. The number of ether oxygens (including phenoxy) is 1. The fourth-order valence-electron chi connectivity index (χ4n) is 1.13. The number of hydrogen-bond acceptors (Lipinski definition) is 2. The minimum absolute atomic E-state index is 0.137. The molecule has 0 spiro atoms. The minimum atomic E-state index is -0.137. The normalized spacial score (nSPS) is 9.64. The van der Waals surface area contributed by atoms with Crippen LogP contribution in [0.25, 0.3) is 0 Å². The quantitative estimate of drug-likeness (QED) is 0.612. The molecule has 0 aliphatic carbocycles. The van der Waals surface area contributed by atoms with Gasteiger partial charge in [-0.05, 0) is 30.7 Å². The molecule has 74 valence electrons. The van der Waals surface area contributed by atoms with Gasteiger partial charge in [0.2, 0.25) is 0 Å². The van der Waals surface area contributed by atoms with Crippen LogP contribution in [0.3, 0.4) is 0 Å². The van der Waals surface area contributed by atoms with E-state index < -0.39 is 0 Å². The Morgan fingerprint density at radius 3 is 2.71 bits per heavy atom. The summed E-state index contributed by atoms with van der Waals surface area (Å²) in [4.78, 5) is 11.4. The maximum atomic E-state index is 11.4. The molecule has 0 radical (unpaired) electrons. The van der Waals surface area contributed by atoms with Crippen LogP contribution in [0.4, 0.5) is 0 Å². The largest absolute Gasteiger partial charge is 0.496 e. The molecule has 14 heavy (non-hydrogen) atoms. The number of hydrogen-bond donors (Lipinski definition) is 0. The van der Waals surface area contributed by atoms with Crippen LogP contribution in [0.2, 0.25) is 0 Å². The Morgan fingerprint density at radius 1 is 1.57 bits per heavy atom. The summed E-state index contributed by atoms with van der Waals surface area (Å²) in [5.74, 6) is 0.443. The third-order valence-electron chi connectivity index (χ3n) is 1.93. The van der Waals surface area contributed by atoms with Gasteiger partial charge in [0, 0.05) is 4.47 Å². The topological polar surface area (TPSA) is 26.3 Å². The van der Waals surface area contributed by atoms with E-state index in [2.05, 4.69) is 22.5 Å². The number of benzene rings is 1. The maximum Gasteiger partial charge on any atom is 0.189 e. The summed E-state index contributed by atoms with van der Waals surface area (Å²) in [6, 6.07) is 3.57. The van der Waals surface area contributed by atoms with Crippen LogP contribution >= 0.6 is 15.9 Å². The molecule has 0 saturated heterocycles. The highest BCUT2D eigenvalue weighted by Crippen LogP contribution is 2.27. The lowest BCUT2D eigenvalue weighted by atomic mass is 10.1. The van der Waals surface area contributed by atoms with Crippen molar-refractivity contribution in [2.75, 3.05) is 7.11 Å². The number of aryl methyl sites for hydroxylation is 1. The molecule has 0 saturated carbocycles. The molecular weight excluding hydrogens is 244 g/mol. The molecule has 0 amide bonds. The SMILES string of the molecule is C=CC(=O)c1cc(Br)c(C)cc1OC. The van der Waals surface area contributed by atoms with Crippen molar-refractivity contribution in [2.24, 2.45) is 0 Å². The van der Waals surface area contributed by atoms with Gasteiger partial charge in [-0.1, -0.05) is 22.5 Å². The molecule has 1 aromatic rings. The Hall–Kier alpha value is -1.09. The molecule has 0 atom stereocenters. The van der Waals surface area contributed by atoms with E-state index >= 15 is 0 Å². The van der Waals surface area contributed by atoms with Gasteiger partial charge in [-0.25, -0.2) is 0 Å². The van der Waals surface area contributed by atoms with Gasteiger partial charge in [0.15, 0.2) is 5.78 Å². The lowest BCUT2D eigenvalue weighted by molar-refractivity contribution is 0.104. The number of allylic oxidation sites excluding steroid dienone is 1. The minimum Gasteiger partial charge on any atom is -0.496 e. The molecule has 0 aliphatic heterocycles. The van der Waals surface area contributed by atoms with Crippen LogP contribution in [0.1, 0.15) is 15.9 Å². The molecule has 3 heteroatoms. The van der Waals surface area contributed by atoms with E-state index in [0.717, 1.165) is 10.0 Å². The van der Waals surface area contributed by atoms with E-state index in [1.165, 1.54) is 6.08 Å². The summed E-state index contributed by atoms with van der Waals surface area (Å²) in [5.41, 5.74) is 1.56. The van der Waals surface area contributed by atoms with E-state index in [9.17, 15) is 4.79 Å². The molecule has 0 N–H and O–H groups in total. The van der Waals surface area contributed by atoms with Gasteiger partial charge in [0.05, 0.1) is 12.7 Å². The van der Waals surface area contributed by atoms with Crippen molar-refractivity contribution in [3.63, 3.8) is 0 Å². The van der Waals surface area contributed by atoms with Gasteiger partial charge in [-0.2, -0.15) is 0 Å². The molecular formula is C11H11BrO2. The molecule has 1 aromatic carbocycles. The number of rotatable bonds is 3. The molecule has 0 aliphatic rings. The second kappa shape index (κ2) is 4.42. The Morgan fingerprint density at radius 2 is 2.21 bits per heavy atom. The lowest BCUT2D eigenvalue weighted by Gasteiger charge is -2.08. The number of carbonyl (C=O) groups is 1. The summed E-state index contributed by atoms with van der Waals surface area (Å²) >= 11 is 3.36. The molecule has 0 aromatic heterocycles. The van der Waals surface area contributed by atoms with Crippen molar-refractivity contribution in [3.05, 3.63) is 40.4 Å². The lowest BCUT2D eigenvalue weighted by Crippen LogP contribution is -1.99. The van der Waals surface area contributed by atoms with Gasteiger partial charge >= 0.3 is 0 Å². The summed E-state index contributed by atoms with van der Waals surface area (Å²) in [6.45, 7) is 5.38. The predicted octanol–water partition coefficient (Wildman–Crippen LogP) is 3.13. The fourth-order valence-corrected chi connectivity index (χ4v) is 1.47. The first kappa shape index (κ1) is 11.0. The second-order valence-electron chi connectivity index (χ2n) is 2.87. The highest BCUT2D eigenvalue weighted by atomic mass is 79.9. The Bertz CT molecular complexity index is 383. The van der Waals surface area contributed by atoms with Crippen LogP contribution < -0.4 is 4.74 Å². The number of halogens is 1. The maximum absolute atomic E-state index is 11.4. The molecule has 0 bridgehead atoms. The summed E-state index contributed by atoms with van der Waals surface area (Å²) in [7, 11) is 1.54. The Kier molecular flexibility index (Phi) is 3.47. The van der Waals surface area contributed by atoms with Gasteiger partial charge in [0.25, 0.3) is 0 Å². The third kappa shape index (κ3) is 2.04. The third-order valence-corrected chi connectivity index (χ3v) is 2.79. The zero-order chi connectivity index (χ0) is 10.7. The Balaban J connectivity index is 3.33. The van der Waals surface area contributed by atoms with E-state index in [4.69, 9.17) is 4.74 Å². The molecule has 1 rings (SSSR count). The average Bonchev–Trinajstić information content (AvgIpc) is 2.20. The predicted molar refractivity (Wildman–Crippen MR) is 60.0 cm³/mol. The zero-order valence-electron chi connectivity index (χ0n) is 8.13.